The Labute approximate surface area is 173 Å². The van der Waals surface area contributed by atoms with Crippen LogP contribution in [-0.4, -0.2) is 63.6 Å². The van der Waals surface area contributed by atoms with Crippen molar-refractivity contribution in [1.82, 2.24) is 29.2 Å². The predicted octanol–water partition coefficient (Wildman–Crippen LogP) is 0.645. The number of fused-ring (bicyclic) bond motifs is 1. The summed E-state index contributed by atoms with van der Waals surface area (Å²) in [5.41, 5.74) is 0.644. The minimum absolute atomic E-state index is 0.0375. The topological polar surface area (TPSA) is 133 Å². The van der Waals surface area contributed by atoms with E-state index in [4.69, 9.17) is 0 Å². The second-order valence-corrected chi connectivity index (χ2v) is 9.20. The highest BCUT2D eigenvalue weighted by atomic mass is 32.2. The standard InChI is InChI=1S/C19H24N6O4S/c1-3-4-16-21-12(2)17-19(27)22-18(23-25(16)17)14-11-13(5-6-15(14)26)30(28,29)24-9-7-20-8-10-24/h5-6,11,20,26H,3-4,7-10H2,1-2H3,(H,22,23,27). The van der Waals surface area contributed by atoms with E-state index in [1.54, 1.807) is 6.92 Å². The molecule has 30 heavy (non-hydrogen) atoms. The Morgan fingerprint density at radius 3 is 2.67 bits per heavy atom. The third kappa shape index (κ3) is 3.48. The molecule has 3 heterocycles. The first-order chi connectivity index (χ1) is 14.3. The molecule has 0 bridgehead atoms. The van der Waals surface area contributed by atoms with E-state index < -0.39 is 15.6 Å². The Hall–Kier alpha value is -2.76. The Morgan fingerprint density at radius 1 is 1.23 bits per heavy atom. The Morgan fingerprint density at radius 2 is 1.97 bits per heavy atom. The van der Waals surface area contributed by atoms with E-state index in [0.29, 0.717) is 49.6 Å². The maximum Gasteiger partial charge on any atom is 0.277 e. The zero-order chi connectivity index (χ0) is 21.5. The number of imidazole rings is 1. The molecule has 10 nitrogen and oxygen atoms in total. The van der Waals surface area contributed by atoms with Crippen LogP contribution in [-0.2, 0) is 16.4 Å². The molecule has 1 saturated heterocycles. The van der Waals surface area contributed by atoms with Crippen LogP contribution in [0.5, 0.6) is 5.75 Å². The number of sulfonamides is 1. The molecule has 160 valence electrons. The maximum atomic E-state index is 13.0. The van der Waals surface area contributed by atoms with Crippen LogP contribution >= 0.6 is 0 Å². The first-order valence-electron chi connectivity index (χ1n) is 9.85. The molecule has 1 aromatic carbocycles. The number of aromatic amines is 1. The van der Waals surface area contributed by atoms with E-state index in [-0.39, 0.29) is 22.0 Å². The summed E-state index contributed by atoms with van der Waals surface area (Å²) in [6.07, 6.45) is 1.46. The van der Waals surface area contributed by atoms with Crippen LogP contribution in [0.4, 0.5) is 0 Å². The van der Waals surface area contributed by atoms with Gasteiger partial charge in [0.15, 0.2) is 11.3 Å². The molecule has 0 spiro atoms. The van der Waals surface area contributed by atoms with E-state index in [2.05, 4.69) is 20.4 Å². The van der Waals surface area contributed by atoms with Crippen LogP contribution in [0.25, 0.3) is 16.9 Å². The van der Waals surface area contributed by atoms with Crippen molar-refractivity contribution in [2.45, 2.75) is 31.6 Å². The van der Waals surface area contributed by atoms with Crippen LogP contribution in [0.1, 0.15) is 24.9 Å². The number of nitrogens with zero attached hydrogens (tertiary/aromatic N) is 4. The van der Waals surface area contributed by atoms with Gasteiger partial charge in [-0.1, -0.05) is 6.92 Å². The molecule has 1 aliphatic heterocycles. The molecule has 1 aliphatic rings. The lowest BCUT2D eigenvalue weighted by Gasteiger charge is -2.26. The number of rotatable bonds is 5. The first kappa shape index (κ1) is 20.5. The fourth-order valence-corrected chi connectivity index (χ4v) is 5.11. The molecule has 0 atom stereocenters. The van der Waals surface area contributed by atoms with Crippen molar-refractivity contribution in [2.75, 3.05) is 26.2 Å². The van der Waals surface area contributed by atoms with Crippen molar-refractivity contribution >= 4 is 15.5 Å². The number of nitrogens with one attached hydrogen (secondary N) is 2. The molecular formula is C19H24N6O4S. The molecule has 11 heteroatoms. The normalized spacial score (nSPS) is 15.7. The van der Waals surface area contributed by atoms with E-state index in [1.165, 1.54) is 27.0 Å². The number of aryl methyl sites for hydroxylation is 2. The van der Waals surface area contributed by atoms with Gasteiger partial charge in [0, 0.05) is 32.6 Å². The van der Waals surface area contributed by atoms with Crippen molar-refractivity contribution in [3.8, 4) is 17.1 Å². The fraction of sp³-hybridized carbons (Fsp3) is 0.421. The predicted molar refractivity (Wildman–Crippen MR) is 111 cm³/mol. The lowest BCUT2D eigenvalue weighted by molar-refractivity contribution is 0.360. The minimum atomic E-state index is -3.73. The number of hydrogen-bond acceptors (Lipinski definition) is 7. The van der Waals surface area contributed by atoms with E-state index in [9.17, 15) is 18.3 Å². The van der Waals surface area contributed by atoms with Crippen molar-refractivity contribution in [2.24, 2.45) is 0 Å². The van der Waals surface area contributed by atoms with Gasteiger partial charge in [0.05, 0.1) is 16.2 Å². The smallest absolute Gasteiger partial charge is 0.277 e. The highest BCUT2D eigenvalue weighted by Gasteiger charge is 2.27. The summed E-state index contributed by atoms with van der Waals surface area (Å²) < 4.78 is 28.9. The summed E-state index contributed by atoms with van der Waals surface area (Å²) >= 11 is 0. The van der Waals surface area contributed by atoms with Gasteiger partial charge in [0.2, 0.25) is 10.0 Å². The Bertz CT molecular complexity index is 1260. The van der Waals surface area contributed by atoms with Crippen LogP contribution in [0, 0.1) is 6.92 Å². The second-order valence-electron chi connectivity index (χ2n) is 7.26. The quantitative estimate of drug-likeness (QED) is 0.539. The molecule has 2 aromatic heterocycles. The van der Waals surface area contributed by atoms with Gasteiger partial charge in [-0.3, -0.25) is 4.79 Å². The zero-order valence-electron chi connectivity index (χ0n) is 16.8. The van der Waals surface area contributed by atoms with Gasteiger partial charge in [-0.05, 0) is 31.5 Å². The Balaban J connectivity index is 1.85. The number of piperazine rings is 1. The summed E-state index contributed by atoms with van der Waals surface area (Å²) in [6, 6.07) is 4.01. The lowest BCUT2D eigenvalue weighted by atomic mass is 10.2. The molecule has 3 aromatic rings. The second kappa shape index (κ2) is 7.82. The minimum Gasteiger partial charge on any atom is -0.507 e. The molecule has 0 radical (unpaired) electrons. The highest BCUT2D eigenvalue weighted by Crippen LogP contribution is 2.30. The summed E-state index contributed by atoms with van der Waals surface area (Å²) in [4.78, 5) is 19.8. The summed E-state index contributed by atoms with van der Waals surface area (Å²) in [5, 5.41) is 18.0. The van der Waals surface area contributed by atoms with Gasteiger partial charge < -0.3 is 15.4 Å². The van der Waals surface area contributed by atoms with E-state index in [0.717, 1.165) is 6.42 Å². The fourth-order valence-electron chi connectivity index (χ4n) is 3.64. The van der Waals surface area contributed by atoms with Crippen molar-refractivity contribution in [3.63, 3.8) is 0 Å². The largest absolute Gasteiger partial charge is 0.507 e. The monoisotopic (exact) mass is 432 g/mol. The number of phenolic OH excluding ortho intramolecular Hbond substituents is 1. The van der Waals surface area contributed by atoms with Gasteiger partial charge in [-0.2, -0.15) is 4.31 Å². The first-order valence-corrected chi connectivity index (χ1v) is 11.3. The highest BCUT2D eigenvalue weighted by molar-refractivity contribution is 7.89. The third-order valence-electron chi connectivity index (χ3n) is 5.15. The average molecular weight is 433 g/mol. The SMILES string of the molecule is CCCc1nc(C)c2c(=O)[nH]c(-c3cc(S(=O)(=O)N4CCNCC4)ccc3O)nn12. The van der Waals surface area contributed by atoms with E-state index >= 15 is 0 Å². The average Bonchev–Trinajstić information content (AvgIpc) is 3.05. The van der Waals surface area contributed by atoms with Gasteiger partial charge in [0.25, 0.3) is 5.56 Å². The number of aromatic nitrogens is 4. The van der Waals surface area contributed by atoms with Crippen LogP contribution < -0.4 is 10.9 Å². The van der Waals surface area contributed by atoms with Crippen molar-refractivity contribution in [1.29, 1.82) is 0 Å². The molecule has 3 N–H and O–H groups in total. The van der Waals surface area contributed by atoms with Crippen molar-refractivity contribution < 1.29 is 13.5 Å². The number of H-pyrrole nitrogens is 1. The van der Waals surface area contributed by atoms with Gasteiger partial charge in [-0.25, -0.2) is 17.9 Å². The molecular weight excluding hydrogens is 408 g/mol. The summed E-state index contributed by atoms with van der Waals surface area (Å²) in [5.74, 6) is 0.546. The van der Waals surface area contributed by atoms with Gasteiger partial charge in [0.1, 0.15) is 11.6 Å². The van der Waals surface area contributed by atoms with E-state index in [1.807, 2.05) is 6.92 Å². The molecule has 0 unspecified atom stereocenters. The van der Waals surface area contributed by atoms with Crippen LogP contribution in [0.15, 0.2) is 27.9 Å². The number of hydrogen-bond donors (Lipinski definition) is 3. The van der Waals surface area contributed by atoms with Gasteiger partial charge in [-0.15, -0.1) is 5.10 Å². The van der Waals surface area contributed by atoms with Crippen molar-refractivity contribution in [3.05, 3.63) is 40.1 Å². The molecule has 0 aliphatic carbocycles. The zero-order valence-corrected chi connectivity index (χ0v) is 17.7. The molecule has 0 saturated carbocycles. The summed E-state index contributed by atoms with van der Waals surface area (Å²) in [7, 11) is -3.73. The number of phenols is 1. The Kier molecular flexibility index (Phi) is 5.35. The van der Waals surface area contributed by atoms with Gasteiger partial charge >= 0.3 is 0 Å². The number of benzene rings is 1. The lowest BCUT2D eigenvalue weighted by Crippen LogP contribution is -2.46. The van der Waals surface area contributed by atoms with Crippen LogP contribution in [0.3, 0.4) is 0 Å². The summed E-state index contributed by atoms with van der Waals surface area (Å²) in [6.45, 7) is 5.64. The molecule has 4 rings (SSSR count). The molecule has 1 fully saturated rings. The number of aromatic hydroxyl groups is 1. The third-order valence-corrected chi connectivity index (χ3v) is 7.05. The maximum absolute atomic E-state index is 13.0. The molecule has 0 amide bonds. The van der Waals surface area contributed by atoms with Crippen LogP contribution in [0.2, 0.25) is 0 Å².